The lowest BCUT2D eigenvalue weighted by Crippen LogP contribution is -2.31. The Balaban J connectivity index is 1.45. The minimum atomic E-state index is 0.700. The van der Waals surface area contributed by atoms with Crippen LogP contribution in [-0.2, 0) is 13.0 Å². The molecule has 1 aliphatic heterocycles. The number of thiazole rings is 1. The fraction of sp³-hybridized carbons (Fsp3) is 0.423. The van der Waals surface area contributed by atoms with Crippen LogP contribution in [0.2, 0.25) is 0 Å². The van der Waals surface area contributed by atoms with Crippen molar-refractivity contribution in [3.05, 3.63) is 64.7 Å². The van der Waals surface area contributed by atoms with Gasteiger partial charge < -0.3 is 9.64 Å². The molecule has 2 heterocycles. The Morgan fingerprint density at radius 3 is 2.61 bits per heavy atom. The van der Waals surface area contributed by atoms with Crippen molar-refractivity contribution in [2.45, 2.75) is 40.2 Å². The molecule has 0 amide bonds. The molecule has 0 atom stereocenters. The standard InChI is InChI=1S/C26H33N3OS/c1-4-21-12-13-25(30-5-2)24(18-21)29-15-9-14-28(16-17-29)19-23-20(3)31-26(27-23)22-10-7-6-8-11-22/h6-8,10-13,18H,4-5,9,14-17,19H2,1-3H3. The van der Waals surface area contributed by atoms with Crippen LogP contribution in [0.25, 0.3) is 10.6 Å². The fourth-order valence-corrected chi connectivity index (χ4v) is 5.10. The molecule has 0 bridgehead atoms. The van der Waals surface area contributed by atoms with Crippen molar-refractivity contribution in [1.82, 2.24) is 9.88 Å². The van der Waals surface area contributed by atoms with Gasteiger partial charge in [0.25, 0.3) is 0 Å². The Bertz CT molecular complexity index is 986. The van der Waals surface area contributed by atoms with Crippen molar-refractivity contribution >= 4 is 17.0 Å². The summed E-state index contributed by atoms with van der Waals surface area (Å²) in [6, 6.07) is 17.2. The van der Waals surface area contributed by atoms with Gasteiger partial charge in [-0.05, 0) is 44.4 Å². The molecule has 1 saturated heterocycles. The summed E-state index contributed by atoms with van der Waals surface area (Å²) in [7, 11) is 0. The molecular weight excluding hydrogens is 402 g/mol. The fourth-order valence-electron chi connectivity index (χ4n) is 4.17. The molecule has 5 heteroatoms. The zero-order valence-corrected chi connectivity index (χ0v) is 19.8. The van der Waals surface area contributed by atoms with Crippen LogP contribution in [0.1, 0.15) is 36.4 Å². The van der Waals surface area contributed by atoms with Gasteiger partial charge in [-0.25, -0.2) is 4.98 Å². The second kappa shape index (κ2) is 10.3. The van der Waals surface area contributed by atoms with Crippen molar-refractivity contribution in [3.8, 4) is 16.3 Å². The number of aryl methyl sites for hydroxylation is 2. The highest BCUT2D eigenvalue weighted by Crippen LogP contribution is 2.32. The van der Waals surface area contributed by atoms with Gasteiger partial charge in [0, 0.05) is 43.2 Å². The first-order chi connectivity index (χ1) is 15.2. The molecule has 31 heavy (non-hydrogen) atoms. The van der Waals surface area contributed by atoms with Crippen LogP contribution in [0.15, 0.2) is 48.5 Å². The maximum Gasteiger partial charge on any atom is 0.142 e. The van der Waals surface area contributed by atoms with Crippen LogP contribution in [0, 0.1) is 6.92 Å². The number of rotatable bonds is 7. The van der Waals surface area contributed by atoms with E-state index in [2.05, 4.69) is 79.1 Å². The Morgan fingerprint density at radius 2 is 1.84 bits per heavy atom. The molecular formula is C26H33N3OS. The van der Waals surface area contributed by atoms with Crippen LogP contribution in [0.5, 0.6) is 5.75 Å². The molecule has 0 spiro atoms. The van der Waals surface area contributed by atoms with Gasteiger partial charge in [-0.3, -0.25) is 4.90 Å². The lowest BCUT2D eigenvalue weighted by molar-refractivity contribution is 0.282. The molecule has 4 nitrogen and oxygen atoms in total. The first-order valence-corrected chi connectivity index (χ1v) is 12.2. The van der Waals surface area contributed by atoms with Gasteiger partial charge >= 0.3 is 0 Å². The second-order valence-electron chi connectivity index (χ2n) is 8.09. The summed E-state index contributed by atoms with van der Waals surface area (Å²) >= 11 is 1.81. The lowest BCUT2D eigenvalue weighted by atomic mass is 10.1. The van der Waals surface area contributed by atoms with E-state index in [1.807, 2.05) is 0 Å². The zero-order chi connectivity index (χ0) is 21.6. The third-order valence-electron chi connectivity index (χ3n) is 5.95. The van der Waals surface area contributed by atoms with Gasteiger partial charge in [0.1, 0.15) is 10.8 Å². The molecule has 2 aromatic carbocycles. The predicted octanol–water partition coefficient (Wildman–Crippen LogP) is 5.79. The van der Waals surface area contributed by atoms with Crippen molar-refractivity contribution in [2.24, 2.45) is 0 Å². The number of anilines is 1. The molecule has 0 unspecified atom stereocenters. The molecule has 3 aromatic rings. The molecule has 4 rings (SSSR count). The average molecular weight is 436 g/mol. The van der Waals surface area contributed by atoms with E-state index in [0.717, 1.165) is 56.3 Å². The van der Waals surface area contributed by atoms with E-state index in [-0.39, 0.29) is 0 Å². The second-order valence-corrected chi connectivity index (χ2v) is 9.30. The van der Waals surface area contributed by atoms with Crippen molar-refractivity contribution in [3.63, 3.8) is 0 Å². The molecule has 1 aliphatic rings. The van der Waals surface area contributed by atoms with E-state index in [1.165, 1.54) is 27.4 Å². The van der Waals surface area contributed by atoms with E-state index in [9.17, 15) is 0 Å². The van der Waals surface area contributed by atoms with Gasteiger partial charge in [-0.15, -0.1) is 11.3 Å². The summed E-state index contributed by atoms with van der Waals surface area (Å²) in [6.07, 6.45) is 2.20. The van der Waals surface area contributed by atoms with Crippen LogP contribution in [-0.4, -0.2) is 42.7 Å². The SMILES string of the molecule is CCOc1ccc(CC)cc1N1CCCN(Cc2nc(-c3ccccc3)sc2C)CC1. The van der Waals surface area contributed by atoms with Gasteiger partial charge in [0.05, 0.1) is 18.0 Å². The van der Waals surface area contributed by atoms with Gasteiger partial charge in [-0.2, -0.15) is 0 Å². The molecule has 0 aliphatic carbocycles. The van der Waals surface area contributed by atoms with E-state index in [1.54, 1.807) is 11.3 Å². The number of aromatic nitrogens is 1. The molecule has 1 aromatic heterocycles. The normalized spacial score (nSPS) is 15.1. The smallest absolute Gasteiger partial charge is 0.142 e. The summed E-state index contributed by atoms with van der Waals surface area (Å²) < 4.78 is 5.95. The maximum atomic E-state index is 5.95. The summed E-state index contributed by atoms with van der Waals surface area (Å²) in [5.74, 6) is 1.01. The van der Waals surface area contributed by atoms with E-state index < -0.39 is 0 Å². The van der Waals surface area contributed by atoms with Crippen molar-refractivity contribution in [1.29, 1.82) is 0 Å². The van der Waals surface area contributed by atoms with Crippen molar-refractivity contribution < 1.29 is 4.74 Å². The summed E-state index contributed by atoms with van der Waals surface area (Å²) in [5, 5.41) is 1.13. The number of hydrogen-bond donors (Lipinski definition) is 0. The molecule has 1 fully saturated rings. The van der Waals surface area contributed by atoms with Crippen LogP contribution in [0.3, 0.4) is 0 Å². The largest absolute Gasteiger partial charge is 0.492 e. The Morgan fingerprint density at radius 1 is 1.00 bits per heavy atom. The van der Waals surface area contributed by atoms with Crippen LogP contribution in [0.4, 0.5) is 5.69 Å². The van der Waals surface area contributed by atoms with Gasteiger partial charge in [0.15, 0.2) is 0 Å². The quantitative estimate of drug-likeness (QED) is 0.469. The minimum absolute atomic E-state index is 0.700. The topological polar surface area (TPSA) is 28.6 Å². The van der Waals surface area contributed by atoms with E-state index >= 15 is 0 Å². The zero-order valence-electron chi connectivity index (χ0n) is 18.9. The van der Waals surface area contributed by atoms with E-state index in [4.69, 9.17) is 9.72 Å². The summed E-state index contributed by atoms with van der Waals surface area (Å²) in [6.45, 7) is 12.3. The van der Waals surface area contributed by atoms with Crippen LogP contribution < -0.4 is 9.64 Å². The Hall–Kier alpha value is -2.37. The third-order valence-corrected chi connectivity index (χ3v) is 7.01. The highest BCUT2D eigenvalue weighted by molar-refractivity contribution is 7.15. The van der Waals surface area contributed by atoms with Gasteiger partial charge in [0.2, 0.25) is 0 Å². The number of benzene rings is 2. The summed E-state index contributed by atoms with van der Waals surface area (Å²) in [4.78, 5) is 11.4. The first kappa shape index (κ1) is 21.8. The lowest BCUT2D eigenvalue weighted by Gasteiger charge is -2.26. The molecule has 0 saturated carbocycles. The number of nitrogens with zero attached hydrogens (tertiary/aromatic N) is 3. The van der Waals surface area contributed by atoms with Crippen molar-refractivity contribution in [2.75, 3.05) is 37.7 Å². The Labute approximate surface area is 190 Å². The molecule has 164 valence electrons. The maximum absolute atomic E-state index is 5.95. The highest BCUT2D eigenvalue weighted by Gasteiger charge is 2.20. The molecule has 0 N–H and O–H groups in total. The van der Waals surface area contributed by atoms with Gasteiger partial charge in [-0.1, -0.05) is 43.3 Å². The number of ether oxygens (including phenoxy) is 1. The molecule has 0 radical (unpaired) electrons. The number of hydrogen-bond acceptors (Lipinski definition) is 5. The van der Waals surface area contributed by atoms with Crippen LogP contribution >= 0.6 is 11.3 Å². The summed E-state index contributed by atoms with van der Waals surface area (Å²) in [5.41, 5.74) is 5.05. The monoisotopic (exact) mass is 435 g/mol. The Kier molecular flexibility index (Phi) is 7.25. The third kappa shape index (κ3) is 5.28. The average Bonchev–Trinajstić information content (AvgIpc) is 3.01. The van der Waals surface area contributed by atoms with E-state index in [0.29, 0.717) is 6.61 Å². The first-order valence-electron chi connectivity index (χ1n) is 11.4. The minimum Gasteiger partial charge on any atom is -0.492 e. The highest BCUT2D eigenvalue weighted by atomic mass is 32.1. The predicted molar refractivity (Wildman–Crippen MR) is 131 cm³/mol.